The van der Waals surface area contributed by atoms with E-state index in [9.17, 15) is 4.39 Å². The smallest absolute Gasteiger partial charge is 0.129 e. The summed E-state index contributed by atoms with van der Waals surface area (Å²) in [6.07, 6.45) is 1.12. The molecule has 0 spiro atoms. The second-order valence-corrected chi connectivity index (χ2v) is 5.07. The first-order chi connectivity index (χ1) is 9.26. The molecular weight excluding hydrogens is 243 g/mol. The van der Waals surface area contributed by atoms with Gasteiger partial charge in [0.25, 0.3) is 0 Å². The zero-order valence-electron chi connectivity index (χ0n) is 11.8. The third kappa shape index (κ3) is 3.45. The van der Waals surface area contributed by atoms with E-state index in [1.165, 1.54) is 0 Å². The van der Waals surface area contributed by atoms with Crippen molar-refractivity contribution < 1.29 is 9.13 Å². The summed E-state index contributed by atoms with van der Waals surface area (Å²) in [5.74, 6) is 0.439. The minimum absolute atomic E-state index is 0.117. The lowest BCUT2D eigenvalue weighted by molar-refractivity contribution is 0.161. The number of halogens is 1. The molecule has 1 heterocycles. The minimum atomic E-state index is -0.117. The molecule has 0 aliphatic carbocycles. The third-order valence-corrected chi connectivity index (χ3v) is 3.67. The fourth-order valence-corrected chi connectivity index (χ4v) is 2.69. The van der Waals surface area contributed by atoms with Gasteiger partial charge in [-0.2, -0.15) is 0 Å². The third-order valence-electron chi connectivity index (χ3n) is 3.67. The molecule has 1 aliphatic rings. The van der Waals surface area contributed by atoms with Crippen molar-refractivity contribution in [1.82, 2.24) is 5.32 Å². The lowest BCUT2D eigenvalue weighted by Gasteiger charge is -2.22. The Morgan fingerprint density at radius 3 is 3.05 bits per heavy atom. The Balaban J connectivity index is 2.13. The van der Waals surface area contributed by atoms with Crippen molar-refractivity contribution in [1.29, 1.82) is 0 Å². The van der Waals surface area contributed by atoms with Crippen LogP contribution in [0.4, 0.5) is 10.1 Å². The van der Waals surface area contributed by atoms with Crippen molar-refractivity contribution in [2.24, 2.45) is 5.92 Å². The highest BCUT2D eigenvalue weighted by molar-refractivity contribution is 5.55. The zero-order chi connectivity index (χ0) is 13.7. The molecule has 1 aliphatic heterocycles. The van der Waals surface area contributed by atoms with Gasteiger partial charge in [0.1, 0.15) is 5.82 Å². The van der Waals surface area contributed by atoms with Crippen LogP contribution in [0.25, 0.3) is 0 Å². The van der Waals surface area contributed by atoms with Crippen LogP contribution in [0.3, 0.4) is 0 Å². The highest BCUT2D eigenvalue weighted by Crippen LogP contribution is 2.28. The largest absolute Gasteiger partial charge is 0.384 e. The molecule has 0 saturated carbocycles. The first-order valence-corrected chi connectivity index (χ1v) is 6.98. The second kappa shape index (κ2) is 6.87. The van der Waals surface area contributed by atoms with Gasteiger partial charge in [0.2, 0.25) is 0 Å². The molecule has 1 unspecified atom stereocenters. The zero-order valence-corrected chi connectivity index (χ0v) is 11.8. The number of nitrogens with zero attached hydrogens (tertiary/aromatic N) is 1. The number of methoxy groups -OCH3 is 1. The van der Waals surface area contributed by atoms with Gasteiger partial charge in [-0.3, -0.25) is 0 Å². The number of hydrogen-bond donors (Lipinski definition) is 1. The summed E-state index contributed by atoms with van der Waals surface area (Å²) < 4.78 is 19.2. The van der Waals surface area contributed by atoms with Gasteiger partial charge in [0, 0.05) is 43.9 Å². The summed E-state index contributed by atoms with van der Waals surface area (Å²) in [6.45, 7) is 6.19. The molecular formula is C15H23FN2O. The van der Waals surface area contributed by atoms with E-state index in [-0.39, 0.29) is 5.82 Å². The fraction of sp³-hybridized carbons (Fsp3) is 0.600. The molecule has 1 fully saturated rings. The van der Waals surface area contributed by atoms with E-state index in [1.807, 2.05) is 13.0 Å². The van der Waals surface area contributed by atoms with E-state index in [2.05, 4.69) is 10.2 Å². The van der Waals surface area contributed by atoms with E-state index in [1.54, 1.807) is 19.2 Å². The summed E-state index contributed by atoms with van der Waals surface area (Å²) in [5, 5.41) is 3.21. The molecule has 0 radical (unpaired) electrons. The predicted molar refractivity (Wildman–Crippen MR) is 76.0 cm³/mol. The Bertz CT molecular complexity index is 411. The molecule has 19 heavy (non-hydrogen) atoms. The first kappa shape index (κ1) is 14.3. The lowest BCUT2D eigenvalue weighted by Crippen LogP contribution is -2.24. The van der Waals surface area contributed by atoms with Crippen molar-refractivity contribution in [3.8, 4) is 0 Å². The number of nitrogens with one attached hydrogen (secondary N) is 1. The summed E-state index contributed by atoms with van der Waals surface area (Å²) in [5.41, 5.74) is 1.81. The summed E-state index contributed by atoms with van der Waals surface area (Å²) >= 11 is 0. The molecule has 0 aromatic heterocycles. The fourth-order valence-electron chi connectivity index (χ4n) is 2.69. The monoisotopic (exact) mass is 266 g/mol. The van der Waals surface area contributed by atoms with Gasteiger partial charge in [-0.25, -0.2) is 4.39 Å². The van der Waals surface area contributed by atoms with Crippen LogP contribution < -0.4 is 10.2 Å². The topological polar surface area (TPSA) is 24.5 Å². The molecule has 2 rings (SSSR count). The van der Waals surface area contributed by atoms with Crippen LogP contribution in [0.2, 0.25) is 0 Å². The van der Waals surface area contributed by atoms with E-state index in [4.69, 9.17) is 4.74 Å². The van der Waals surface area contributed by atoms with Crippen LogP contribution in [-0.2, 0) is 11.3 Å². The van der Waals surface area contributed by atoms with E-state index in [0.29, 0.717) is 12.5 Å². The van der Waals surface area contributed by atoms with E-state index >= 15 is 0 Å². The maximum atomic E-state index is 14.0. The molecule has 106 valence electrons. The van der Waals surface area contributed by atoms with Gasteiger partial charge >= 0.3 is 0 Å². The van der Waals surface area contributed by atoms with Crippen molar-refractivity contribution in [2.75, 3.05) is 38.3 Å². The normalized spacial score (nSPS) is 19.1. The average molecular weight is 266 g/mol. The molecule has 3 nitrogen and oxygen atoms in total. The van der Waals surface area contributed by atoms with Gasteiger partial charge in [0.15, 0.2) is 0 Å². The number of ether oxygens (including phenoxy) is 1. The Kier molecular flexibility index (Phi) is 5.16. The molecule has 1 N–H and O–H groups in total. The van der Waals surface area contributed by atoms with Crippen molar-refractivity contribution >= 4 is 5.69 Å². The molecule has 1 saturated heterocycles. The van der Waals surface area contributed by atoms with Gasteiger partial charge in [0.05, 0.1) is 6.61 Å². The number of rotatable bonds is 6. The number of anilines is 1. The Labute approximate surface area is 114 Å². The minimum Gasteiger partial charge on any atom is -0.384 e. The van der Waals surface area contributed by atoms with Gasteiger partial charge < -0.3 is 15.0 Å². The second-order valence-electron chi connectivity index (χ2n) is 5.07. The van der Waals surface area contributed by atoms with Crippen molar-refractivity contribution in [2.45, 2.75) is 19.9 Å². The maximum Gasteiger partial charge on any atom is 0.129 e. The van der Waals surface area contributed by atoms with Crippen LogP contribution in [0.5, 0.6) is 0 Å². The van der Waals surface area contributed by atoms with Crippen LogP contribution in [0, 0.1) is 11.7 Å². The molecule has 1 aromatic carbocycles. The van der Waals surface area contributed by atoms with Crippen LogP contribution in [0.1, 0.15) is 18.9 Å². The summed E-state index contributed by atoms with van der Waals surface area (Å²) in [6, 6.07) is 5.35. The Morgan fingerprint density at radius 1 is 1.47 bits per heavy atom. The summed E-state index contributed by atoms with van der Waals surface area (Å²) in [4.78, 5) is 2.28. The highest BCUT2D eigenvalue weighted by Gasteiger charge is 2.24. The van der Waals surface area contributed by atoms with Gasteiger partial charge in [-0.05, 0) is 25.1 Å². The standard InChI is InChI=1S/C15H23FN2O/c1-3-17-9-13-14(16)5-4-6-15(13)18-8-7-12(10-18)11-19-2/h4-6,12,17H,3,7-11H2,1-2H3. The number of benzene rings is 1. The Morgan fingerprint density at radius 2 is 2.32 bits per heavy atom. The Hall–Kier alpha value is -1.13. The quantitative estimate of drug-likeness (QED) is 0.855. The SMILES string of the molecule is CCNCc1c(F)cccc1N1CCC(COC)C1. The van der Waals surface area contributed by atoms with Gasteiger partial charge in [-0.15, -0.1) is 0 Å². The van der Waals surface area contributed by atoms with Crippen molar-refractivity contribution in [3.63, 3.8) is 0 Å². The van der Waals surface area contributed by atoms with E-state index in [0.717, 1.165) is 43.9 Å². The highest BCUT2D eigenvalue weighted by atomic mass is 19.1. The predicted octanol–water partition coefficient (Wildman–Crippen LogP) is 2.41. The van der Waals surface area contributed by atoms with Crippen LogP contribution >= 0.6 is 0 Å². The average Bonchev–Trinajstić information content (AvgIpc) is 2.86. The van der Waals surface area contributed by atoms with Crippen LogP contribution in [0.15, 0.2) is 18.2 Å². The summed E-state index contributed by atoms with van der Waals surface area (Å²) in [7, 11) is 1.74. The maximum absolute atomic E-state index is 14.0. The lowest BCUT2D eigenvalue weighted by atomic mass is 10.1. The van der Waals surface area contributed by atoms with Crippen LogP contribution in [-0.4, -0.2) is 33.4 Å². The van der Waals surface area contributed by atoms with E-state index < -0.39 is 0 Å². The molecule has 4 heteroatoms. The molecule has 0 amide bonds. The molecule has 1 atom stereocenters. The molecule has 1 aromatic rings. The number of hydrogen-bond acceptors (Lipinski definition) is 3. The van der Waals surface area contributed by atoms with Crippen molar-refractivity contribution in [3.05, 3.63) is 29.6 Å². The molecule has 0 bridgehead atoms. The first-order valence-electron chi connectivity index (χ1n) is 6.98. The van der Waals surface area contributed by atoms with Gasteiger partial charge in [-0.1, -0.05) is 13.0 Å².